The van der Waals surface area contributed by atoms with Gasteiger partial charge in [0.15, 0.2) is 0 Å². The van der Waals surface area contributed by atoms with Gasteiger partial charge in [-0.1, -0.05) is 24.6 Å². The van der Waals surface area contributed by atoms with Gasteiger partial charge in [-0.3, -0.25) is 4.79 Å². The average Bonchev–Trinajstić information content (AvgIpc) is 2.51. The molecule has 0 radical (unpaired) electrons. The first-order valence-corrected chi connectivity index (χ1v) is 7.71. The second-order valence-electron chi connectivity index (χ2n) is 5.76. The molecule has 2 rings (SSSR count). The zero-order valence-electron chi connectivity index (χ0n) is 13.8. The van der Waals surface area contributed by atoms with E-state index in [0.29, 0.717) is 6.54 Å². The second kappa shape index (κ2) is 7.31. The summed E-state index contributed by atoms with van der Waals surface area (Å²) in [5, 5.41) is 2.88. The summed E-state index contributed by atoms with van der Waals surface area (Å²) in [6, 6.07) is 5.94. The number of ether oxygens (including phenoxy) is 2. The lowest BCUT2D eigenvalue weighted by Gasteiger charge is -2.40. The summed E-state index contributed by atoms with van der Waals surface area (Å²) in [6.07, 6.45) is 5.58. The van der Waals surface area contributed by atoms with Crippen LogP contribution in [0.15, 0.2) is 30.4 Å². The van der Waals surface area contributed by atoms with Gasteiger partial charge in [0.1, 0.15) is 5.75 Å². The van der Waals surface area contributed by atoms with Gasteiger partial charge in [-0.15, -0.1) is 0 Å². The van der Waals surface area contributed by atoms with E-state index in [1.807, 2.05) is 25.1 Å². The van der Waals surface area contributed by atoms with Crippen LogP contribution in [-0.4, -0.2) is 32.6 Å². The number of benzene rings is 1. The lowest BCUT2D eigenvalue weighted by molar-refractivity contribution is -0.135. The summed E-state index contributed by atoms with van der Waals surface area (Å²) >= 11 is 0. The molecule has 0 atom stereocenters. The molecule has 1 aliphatic rings. The SMILES string of the molecule is COC(=O)/C=C/CNC(=O)C1(c2ccc(C)c(OC)c2)CCC1. The number of nitrogens with one attached hydrogen (secondary N) is 1. The fourth-order valence-corrected chi connectivity index (χ4v) is 2.84. The van der Waals surface area contributed by atoms with Crippen LogP contribution in [0.1, 0.15) is 30.4 Å². The third kappa shape index (κ3) is 3.55. The summed E-state index contributed by atoms with van der Waals surface area (Å²) in [5.74, 6) is 0.359. The average molecular weight is 317 g/mol. The maximum absolute atomic E-state index is 12.6. The van der Waals surface area contributed by atoms with Crippen molar-refractivity contribution in [3.8, 4) is 5.75 Å². The number of methoxy groups -OCH3 is 2. The summed E-state index contributed by atoms with van der Waals surface area (Å²) in [7, 11) is 2.95. The number of carbonyl (C=O) groups excluding carboxylic acids is 2. The van der Waals surface area contributed by atoms with Crippen LogP contribution in [0.5, 0.6) is 5.75 Å². The van der Waals surface area contributed by atoms with Gasteiger partial charge in [0.25, 0.3) is 0 Å². The molecule has 1 aromatic carbocycles. The maximum atomic E-state index is 12.6. The predicted octanol–water partition coefficient (Wildman–Crippen LogP) is 2.27. The lowest BCUT2D eigenvalue weighted by atomic mass is 9.63. The van der Waals surface area contributed by atoms with Crippen molar-refractivity contribution in [2.45, 2.75) is 31.6 Å². The molecule has 1 aliphatic carbocycles. The minimum Gasteiger partial charge on any atom is -0.496 e. The van der Waals surface area contributed by atoms with E-state index in [2.05, 4.69) is 10.1 Å². The van der Waals surface area contributed by atoms with E-state index >= 15 is 0 Å². The van der Waals surface area contributed by atoms with Crippen LogP contribution >= 0.6 is 0 Å². The van der Waals surface area contributed by atoms with Gasteiger partial charge < -0.3 is 14.8 Å². The van der Waals surface area contributed by atoms with Crippen molar-refractivity contribution in [3.63, 3.8) is 0 Å². The van der Waals surface area contributed by atoms with E-state index in [1.165, 1.54) is 13.2 Å². The molecule has 1 aromatic rings. The Bertz CT molecular complexity index is 617. The van der Waals surface area contributed by atoms with Gasteiger partial charge in [0.2, 0.25) is 5.91 Å². The van der Waals surface area contributed by atoms with Crippen molar-refractivity contribution in [1.82, 2.24) is 5.32 Å². The molecule has 1 saturated carbocycles. The largest absolute Gasteiger partial charge is 0.496 e. The molecule has 1 N–H and O–H groups in total. The van der Waals surface area contributed by atoms with E-state index in [0.717, 1.165) is 36.1 Å². The van der Waals surface area contributed by atoms with Gasteiger partial charge in [-0.2, -0.15) is 0 Å². The minimum absolute atomic E-state index is 0.0100. The molecule has 23 heavy (non-hydrogen) atoms. The Morgan fingerprint density at radius 1 is 1.30 bits per heavy atom. The maximum Gasteiger partial charge on any atom is 0.330 e. The molecule has 5 nitrogen and oxygen atoms in total. The van der Waals surface area contributed by atoms with Crippen LogP contribution in [0.4, 0.5) is 0 Å². The van der Waals surface area contributed by atoms with Crippen LogP contribution < -0.4 is 10.1 Å². The molecule has 1 amide bonds. The molecule has 0 spiro atoms. The Kier molecular flexibility index (Phi) is 5.42. The highest BCUT2D eigenvalue weighted by atomic mass is 16.5. The predicted molar refractivity (Wildman–Crippen MR) is 87.4 cm³/mol. The lowest BCUT2D eigenvalue weighted by Crippen LogP contribution is -2.49. The molecular formula is C18H23NO4. The molecule has 0 saturated heterocycles. The van der Waals surface area contributed by atoms with E-state index < -0.39 is 11.4 Å². The Morgan fingerprint density at radius 2 is 2.04 bits per heavy atom. The first-order chi connectivity index (χ1) is 11.0. The highest BCUT2D eigenvalue weighted by Crippen LogP contribution is 2.45. The molecule has 0 bridgehead atoms. The van der Waals surface area contributed by atoms with Gasteiger partial charge in [0.05, 0.1) is 19.6 Å². The van der Waals surface area contributed by atoms with Gasteiger partial charge in [0, 0.05) is 12.6 Å². The fourth-order valence-electron chi connectivity index (χ4n) is 2.84. The summed E-state index contributed by atoms with van der Waals surface area (Å²) in [4.78, 5) is 23.7. The molecule has 1 fully saturated rings. The van der Waals surface area contributed by atoms with E-state index in [9.17, 15) is 9.59 Å². The highest BCUT2D eigenvalue weighted by Gasteiger charge is 2.45. The van der Waals surface area contributed by atoms with Crippen LogP contribution in [0.2, 0.25) is 0 Å². The Morgan fingerprint density at radius 3 is 2.61 bits per heavy atom. The Labute approximate surface area is 136 Å². The number of amides is 1. The standard InChI is InChI=1S/C18H23NO4/c1-13-7-8-14(12-15(13)22-2)18(9-5-10-18)17(21)19-11-4-6-16(20)23-3/h4,6-8,12H,5,9-11H2,1-3H3,(H,19,21)/b6-4+. The van der Waals surface area contributed by atoms with Crippen LogP contribution in [0.3, 0.4) is 0 Å². The molecule has 124 valence electrons. The summed E-state index contributed by atoms with van der Waals surface area (Å²) in [6.45, 7) is 2.28. The first kappa shape index (κ1) is 17.1. The monoisotopic (exact) mass is 317 g/mol. The third-order valence-electron chi connectivity index (χ3n) is 4.44. The van der Waals surface area contributed by atoms with Crippen molar-refractivity contribution in [2.75, 3.05) is 20.8 Å². The van der Waals surface area contributed by atoms with Crippen LogP contribution in [0, 0.1) is 6.92 Å². The Hall–Kier alpha value is -2.30. The van der Waals surface area contributed by atoms with Crippen molar-refractivity contribution in [2.24, 2.45) is 0 Å². The van der Waals surface area contributed by atoms with Crippen LogP contribution in [0.25, 0.3) is 0 Å². The zero-order valence-corrected chi connectivity index (χ0v) is 13.8. The molecule has 5 heteroatoms. The van der Waals surface area contributed by atoms with E-state index in [-0.39, 0.29) is 5.91 Å². The summed E-state index contributed by atoms with van der Waals surface area (Å²) in [5.41, 5.74) is 1.55. The minimum atomic E-state index is -0.486. The van der Waals surface area contributed by atoms with Crippen LogP contribution in [-0.2, 0) is 19.7 Å². The van der Waals surface area contributed by atoms with E-state index in [1.54, 1.807) is 13.2 Å². The third-order valence-corrected chi connectivity index (χ3v) is 4.44. The van der Waals surface area contributed by atoms with Gasteiger partial charge >= 0.3 is 5.97 Å². The molecule has 0 aliphatic heterocycles. The van der Waals surface area contributed by atoms with E-state index in [4.69, 9.17) is 4.74 Å². The number of aryl methyl sites for hydroxylation is 1. The quantitative estimate of drug-likeness (QED) is 0.646. The zero-order chi connectivity index (χ0) is 16.9. The number of esters is 1. The normalized spacial score (nSPS) is 15.8. The molecular weight excluding hydrogens is 294 g/mol. The highest BCUT2D eigenvalue weighted by molar-refractivity contribution is 5.89. The second-order valence-corrected chi connectivity index (χ2v) is 5.76. The molecule has 0 aromatic heterocycles. The smallest absolute Gasteiger partial charge is 0.330 e. The number of hydrogen-bond acceptors (Lipinski definition) is 4. The molecule has 0 unspecified atom stereocenters. The Balaban J connectivity index is 2.09. The van der Waals surface area contributed by atoms with Crippen molar-refractivity contribution < 1.29 is 19.1 Å². The van der Waals surface area contributed by atoms with Crippen molar-refractivity contribution in [1.29, 1.82) is 0 Å². The van der Waals surface area contributed by atoms with Gasteiger partial charge in [-0.05, 0) is 37.0 Å². The number of carbonyl (C=O) groups is 2. The van der Waals surface area contributed by atoms with Crippen molar-refractivity contribution >= 4 is 11.9 Å². The van der Waals surface area contributed by atoms with Crippen molar-refractivity contribution in [3.05, 3.63) is 41.5 Å². The molecule has 0 heterocycles. The fraction of sp³-hybridized carbons (Fsp3) is 0.444. The summed E-state index contributed by atoms with van der Waals surface area (Å²) < 4.78 is 9.88. The number of rotatable bonds is 6. The first-order valence-electron chi connectivity index (χ1n) is 7.71. The van der Waals surface area contributed by atoms with Gasteiger partial charge in [-0.25, -0.2) is 4.79 Å². The number of hydrogen-bond donors (Lipinski definition) is 1. The topological polar surface area (TPSA) is 64.6 Å².